The topological polar surface area (TPSA) is 20.2 Å². The number of benzene rings is 1. The van der Waals surface area contributed by atoms with Crippen molar-refractivity contribution >= 4 is 0 Å². The van der Waals surface area contributed by atoms with E-state index in [0.29, 0.717) is 11.8 Å². The summed E-state index contributed by atoms with van der Waals surface area (Å²) in [6.45, 7) is 0. The minimum absolute atomic E-state index is 0.169. The lowest BCUT2D eigenvalue weighted by Gasteiger charge is -2.55. The Balaban J connectivity index is 1.63. The van der Waals surface area contributed by atoms with Crippen LogP contribution in [0.25, 0.3) is 0 Å². The molecule has 1 aromatic carbocycles. The SMILES string of the molecule is OC(c1ccc(F)cc1F)C1C2CC3CC(C2)CC1C3. The first-order chi connectivity index (χ1) is 9.61. The predicted octanol–water partition coefficient (Wildman–Crippen LogP) is 4.07. The number of halogens is 2. The van der Waals surface area contributed by atoms with E-state index in [-0.39, 0.29) is 11.5 Å². The number of aliphatic hydroxyl groups is 1. The van der Waals surface area contributed by atoms with Gasteiger partial charge in [-0.1, -0.05) is 6.07 Å². The smallest absolute Gasteiger partial charge is 0.131 e. The minimum atomic E-state index is -0.773. The molecule has 0 amide bonds. The van der Waals surface area contributed by atoms with Gasteiger partial charge in [0.15, 0.2) is 0 Å². The second-order valence-electron chi connectivity index (χ2n) is 7.12. The average Bonchev–Trinajstić information content (AvgIpc) is 2.37. The van der Waals surface area contributed by atoms with E-state index in [0.717, 1.165) is 17.9 Å². The maximum Gasteiger partial charge on any atom is 0.131 e. The number of hydrogen-bond donors (Lipinski definition) is 1. The zero-order valence-corrected chi connectivity index (χ0v) is 11.4. The lowest BCUT2D eigenvalue weighted by atomic mass is 9.50. The fourth-order valence-corrected chi connectivity index (χ4v) is 5.43. The Morgan fingerprint density at radius 3 is 2.10 bits per heavy atom. The fourth-order valence-electron chi connectivity index (χ4n) is 5.43. The van der Waals surface area contributed by atoms with E-state index in [1.807, 2.05) is 0 Å². The molecule has 0 saturated heterocycles. The van der Waals surface area contributed by atoms with Gasteiger partial charge >= 0.3 is 0 Å². The van der Waals surface area contributed by atoms with Gasteiger partial charge in [-0.05, 0) is 67.8 Å². The van der Waals surface area contributed by atoms with E-state index in [4.69, 9.17) is 0 Å². The summed E-state index contributed by atoms with van der Waals surface area (Å²) in [7, 11) is 0. The van der Waals surface area contributed by atoms with Crippen LogP contribution in [0.4, 0.5) is 8.78 Å². The van der Waals surface area contributed by atoms with Crippen LogP contribution in [0.2, 0.25) is 0 Å². The number of hydrogen-bond acceptors (Lipinski definition) is 1. The van der Waals surface area contributed by atoms with Gasteiger partial charge in [0.1, 0.15) is 11.6 Å². The van der Waals surface area contributed by atoms with Crippen LogP contribution in [0.1, 0.15) is 43.8 Å². The molecule has 4 aliphatic rings. The molecule has 4 aliphatic carbocycles. The molecule has 3 heteroatoms. The zero-order chi connectivity index (χ0) is 13.9. The summed E-state index contributed by atoms with van der Waals surface area (Å²) in [5.41, 5.74) is 0.281. The van der Waals surface area contributed by atoms with Crippen molar-refractivity contribution in [2.75, 3.05) is 0 Å². The molecule has 1 unspecified atom stereocenters. The highest BCUT2D eigenvalue weighted by molar-refractivity contribution is 5.22. The third-order valence-corrected chi connectivity index (χ3v) is 5.95. The first-order valence-corrected chi connectivity index (χ1v) is 7.75. The number of aliphatic hydroxyl groups excluding tert-OH is 1. The maximum atomic E-state index is 13.9. The molecule has 5 rings (SSSR count). The summed E-state index contributed by atoms with van der Waals surface area (Å²) in [6.07, 6.45) is 5.36. The van der Waals surface area contributed by atoms with Gasteiger partial charge in [-0.15, -0.1) is 0 Å². The Labute approximate surface area is 118 Å². The van der Waals surface area contributed by atoms with Crippen LogP contribution in [0.5, 0.6) is 0 Å². The molecule has 0 spiro atoms. The van der Waals surface area contributed by atoms with Crippen molar-refractivity contribution in [2.24, 2.45) is 29.6 Å². The van der Waals surface area contributed by atoms with E-state index in [1.54, 1.807) is 0 Å². The van der Waals surface area contributed by atoms with Crippen LogP contribution in [0, 0.1) is 41.2 Å². The van der Waals surface area contributed by atoms with Gasteiger partial charge in [0.25, 0.3) is 0 Å². The molecule has 0 aromatic heterocycles. The van der Waals surface area contributed by atoms with Crippen molar-refractivity contribution in [1.29, 1.82) is 0 Å². The summed E-state index contributed by atoms with van der Waals surface area (Å²) < 4.78 is 26.9. The van der Waals surface area contributed by atoms with Crippen molar-refractivity contribution < 1.29 is 13.9 Å². The Morgan fingerprint density at radius 1 is 0.950 bits per heavy atom. The van der Waals surface area contributed by atoms with Crippen molar-refractivity contribution in [3.8, 4) is 0 Å². The first-order valence-electron chi connectivity index (χ1n) is 7.75. The largest absolute Gasteiger partial charge is 0.388 e. The van der Waals surface area contributed by atoms with Gasteiger partial charge in [0, 0.05) is 11.6 Å². The Morgan fingerprint density at radius 2 is 1.55 bits per heavy atom. The van der Waals surface area contributed by atoms with Gasteiger partial charge in [-0.25, -0.2) is 8.78 Å². The minimum Gasteiger partial charge on any atom is -0.388 e. The van der Waals surface area contributed by atoms with Gasteiger partial charge < -0.3 is 5.11 Å². The van der Waals surface area contributed by atoms with Crippen molar-refractivity contribution in [3.05, 3.63) is 35.4 Å². The molecule has 1 atom stereocenters. The maximum absolute atomic E-state index is 13.9. The van der Waals surface area contributed by atoms with Crippen LogP contribution in [-0.2, 0) is 0 Å². The predicted molar refractivity (Wildman–Crippen MR) is 71.9 cm³/mol. The van der Waals surface area contributed by atoms with Gasteiger partial charge in [-0.2, -0.15) is 0 Å². The van der Waals surface area contributed by atoms with E-state index in [2.05, 4.69) is 0 Å². The average molecular weight is 278 g/mol. The standard InChI is InChI=1S/C17H20F2O/c18-13-1-2-14(15(19)8-13)17(20)16-11-4-9-3-10(6-11)7-12(16)5-9/h1-2,8-12,16-17,20H,3-7H2. The molecule has 1 aromatic rings. The Hall–Kier alpha value is -0.960. The molecular formula is C17H20F2O. The Bertz CT molecular complexity index is 500. The van der Waals surface area contributed by atoms with Crippen molar-refractivity contribution in [2.45, 2.75) is 38.2 Å². The van der Waals surface area contributed by atoms with E-state index < -0.39 is 17.7 Å². The van der Waals surface area contributed by atoms with Crippen molar-refractivity contribution in [3.63, 3.8) is 0 Å². The quantitative estimate of drug-likeness (QED) is 0.864. The van der Waals surface area contributed by atoms with Gasteiger partial charge in [0.05, 0.1) is 6.10 Å². The molecule has 108 valence electrons. The van der Waals surface area contributed by atoms with Crippen LogP contribution in [-0.4, -0.2) is 5.11 Å². The Kier molecular flexibility index (Phi) is 2.88. The van der Waals surface area contributed by atoms with Gasteiger partial charge in [0.2, 0.25) is 0 Å². The summed E-state index contributed by atoms with van der Waals surface area (Å²) >= 11 is 0. The van der Waals surface area contributed by atoms with Crippen LogP contribution >= 0.6 is 0 Å². The third kappa shape index (κ3) is 1.90. The molecule has 1 N–H and O–H groups in total. The molecule has 0 aliphatic heterocycles. The third-order valence-electron chi connectivity index (χ3n) is 5.95. The van der Waals surface area contributed by atoms with Gasteiger partial charge in [-0.3, -0.25) is 0 Å². The summed E-state index contributed by atoms with van der Waals surface area (Å²) in [4.78, 5) is 0. The zero-order valence-electron chi connectivity index (χ0n) is 11.4. The molecular weight excluding hydrogens is 258 g/mol. The normalized spacial score (nSPS) is 40.0. The highest BCUT2D eigenvalue weighted by atomic mass is 19.1. The molecule has 4 saturated carbocycles. The number of rotatable bonds is 2. The summed E-state index contributed by atoms with van der Waals surface area (Å²) in [6, 6.07) is 3.55. The highest BCUT2D eigenvalue weighted by Gasteiger charge is 2.50. The second kappa shape index (κ2) is 4.52. The van der Waals surface area contributed by atoms with E-state index in [1.165, 1.54) is 44.2 Å². The molecule has 4 bridgehead atoms. The fraction of sp³-hybridized carbons (Fsp3) is 0.647. The second-order valence-corrected chi connectivity index (χ2v) is 7.12. The van der Waals surface area contributed by atoms with Crippen molar-refractivity contribution in [1.82, 2.24) is 0 Å². The molecule has 0 heterocycles. The summed E-state index contributed by atoms with van der Waals surface area (Å²) in [5, 5.41) is 10.7. The molecule has 0 radical (unpaired) electrons. The summed E-state index contributed by atoms with van der Waals surface area (Å²) in [5.74, 6) is 1.71. The lowest BCUT2D eigenvalue weighted by Crippen LogP contribution is -2.47. The lowest BCUT2D eigenvalue weighted by molar-refractivity contribution is -0.0916. The van der Waals surface area contributed by atoms with Crippen LogP contribution < -0.4 is 0 Å². The van der Waals surface area contributed by atoms with Crippen LogP contribution in [0.3, 0.4) is 0 Å². The first kappa shape index (κ1) is 12.8. The highest BCUT2D eigenvalue weighted by Crippen LogP contribution is 2.59. The van der Waals surface area contributed by atoms with E-state index >= 15 is 0 Å². The van der Waals surface area contributed by atoms with E-state index in [9.17, 15) is 13.9 Å². The molecule has 1 nitrogen and oxygen atoms in total. The van der Waals surface area contributed by atoms with Crippen LogP contribution in [0.15, 0.2) is 18.2 Å². The monoisotopic (exact) mass is 278 g/mol. The molecule has 4 fully saturated rings. The molecule has 20 heavy (non-hydrogen) atoms.